The second kappa shape index (κ2) is 5.78. The lowest BCUT2D eigenvalue weighted by molar-refractivity contribution is 0.571. The molecular weight excluding hydrogens is 224 g/mol. The highest BCUT2D eigenvalue weighted by Crippen LogP contribution is 2.21. The summed E-state index contributed by atoms with van der Waals surface area (Å²) in [6.45, 7) is 5.41. The number of nitrogens with zero attached hydrogens (tertiary/aromatic N) is 3. The van der Waals surface area contributed by atoms with Gasteiger partial charge in [0.2, 0.25) is 0 Å². The smallest absolute Gasteiger partial charge is 0.0882 e. The van der Waals surface area contributed by atoms with Gasteiger partial charge in [-0.3, -0.25) is 0 Å². The molecule has 0 radical (unpaired) electrons. The zero-order valence-corrected chi connectivity index (χ0v) is 11.2. The van der Waals surface area contributed by atoms with E-state index in [1.165, 1.54) is 5.56 Å². The molecule has 18 heavy (non-hydrogen) atoms. The molecule has 1 unspecified atom stereocenters. The highest BCUT2D eigenvalue weighted by Gasteiger charge is 2.08. The van der Waals surface area contributed by atoms with Crippen LogP contribution in [0.2, 0.25) is 0 Å². The Kier molecular flexibility index (Phi) is 4.10. The Morgan fingerprint density at radius 1 is 1.39 bits per heavy atom. The monoisotopic (exact) mass is 244 g/mol. The normalized spacial score (nSPS) is 12.6. The van der Waals surface area contributed by atoms with Crippen molar-refractivity contribution in [3.8, 4) is 11.3 Å². The largest absolute Gasteiger partial charge is 0.310 e. The van der Waals surface area contributed by atoms with E-state index in [-0.39, 0.29) is 0 Å². The van der Waals surface area contributed by atoms with Gasteiger partial charge in [0.05, 0.1) is 11.9 Å². The third kappa shape index (κ3) is 2.76. The maximum atomic E-state index is 3.97. The minimum atomic E-state index is 0.367. The molecule has 0 bridgehead atoms. The maximum Gasteiger partial charge on any atom is 0.0882 e. The Bertz CT molecular complexity index is 504. The van der Waals surface area contributed by atoms with Crippen LogP contribution in [0.1, 0.15) is 31.9 Å². The van der Waals surface area contributed by atoms with Gasteiger partial charge in [-0.25, -0.2) is 4.68 Å². The zero-order valence-electron chi connectivity index (χ0n) is 11.2. The molecule has 4 nitrogen and oxygen atoms in total. The molecule has 1 atom stereocenters. The van der Waals surface area contributed by atoms with Gasteiger partial charge in [-0.1, -0.05) is 30.3 Å². The van der Waals surface area contributed by atoms with Gasteiger partial charge in [-0.15, -0.1) is 5.10 Å². The van der Waals surface area contributed by atoms with Gasteiger partial charge in [0.25, 0.3) is 0 Å². The molecule has 0 fully saturated rings. The van der Waals surface area contributed by atoms with Crippen LogP contribution in [0.25, 0.3) is 11.3 Å². The molecule has 1 N–H and O–H groups in total. The molecule has 0 spiro atoms. The summed E-state index contributed by atoms with van der Waals surface area (Å²) in [5.41, 5.74) is 3.49. The van der Waals surface area contributed by atoms with Gasteiger partial charge in [-0.2, -0.15) is 0 Å². The lowest BCUT2D eigenvalue weighted by Crippen LogP contribution is -2.19. The molecule has 0 aliphatic carbocycles. The number of nitrogens with one attached hydrogen (secondary N) is 1. The summed E-state index contributed by atoms with van der Waals surface area (Å²) in [7, 11) is 1.91. The van der Waals surface area contributed by atoms with Gasteiger partial charge in [0.1, 0.15) is 0 Å². The van der Waals surface area contributed by atoms with E-state index in [0.717, 1.165) is 24.2 Å². The third-order valence-electron chi connectivity index (χ3n) is 3.10. The van der Waals surface area contributed by atoms with Crippen molar-refractivity contribution in [3.05, 3.63) is 36.0 Å². The van der Waals surface area contributed by atoms with Crippen LogP contribution in [0.4, 0.5) is 0 Å². The molecule has 2 rings (SSSR count). The molecule has 96 valence electrons. The van der Waals surface area contributed by atoms with Crippen LogP contribution >= 0.6 is 0 Å². The number of rotatable bonds is 5. The Morgan fingerprint density at radius 2 is 2.22 bits per heavy atom. The van der Waals surface area contributed by atoms with Crippen LogP contribution in [-0.4, -0.2) is 21.5 Å². The molecule has 1 aromatic carbocycles. The van der Waals surface area contributed by atoms with E-state index < -0.39 is 0 Å². The summed E-state index contributed by atoms with van der Waals surface area (Å²) < 4.78 is 1.79. The van der Waals surface area contributed by atoms with Crippen LogP contribution in [-0.2, 0) is 7.05 Å². The molecule has 2 aromatic rings. The summed E-state index contributed by atoms with van der Waals surface area (Å²) in [6, 6.07) is 8.90. The fraction of sp³-hybridized carbons (Fsp3) is 0.429. The van der Waals surface area contributed by atoms with Crippen LogP contribution < -0.4 is 5.32 Å². The average molecular weight is 244 g/mol. The van der Waals surface area contributed by atoms with Crippen molar-refractivity contribution in [2.75, 3.05) is 6.54 Å². The molecule has 4 heteroatoms. The lowest BCUT2D eigenvalue weighted by Gasteiger charge is -2.14. The van der Waals surface area contributed by atoms with Crippen molar-refractivity contribution in [2.45, 2.75) is 26.3 Å². The number of aryl methyl sites for hydroxylation is 1. The number of benzene rings is 1. The maximum absolute atomic E-state index is 3.97. The molecule has 0 aliphatic heterocycles. The van der Waals surface area contributed by atoms with Crippen molar-refractivity contribution >= 4 is 0 Å². The predicted octanol–water partition coefficient (Wildman–Crippen LogP) is 2.54. The number of hydrogen-bond donors (Lipinski definition) is 1. The molecule has 1 heterocycles. The molecular formula is C14H20N4. The van der Waals surface area contributed by atoms with Crippen molar-refractivity contribution in [3.63, 3.8) is 0 Å². The Balaban J connectivity index is 2.22. The van der Waals surface area contributed by atoms with Crippen LogP contribution in [0.3, 0.4) is 0 Å². The topological polar surface area (TPSA) is 42.7 Å². The summed E-state index contributed by atoms with van der Waals surface area (Å²) in [5.74, 6) is 0. The van der Waals surface area contributed by atoms with Gasteiger partial charge in [0.15, 0.2) is 0 Å². The van der Waals surface area contributed by atoms with Crippen LogP contribution in [0.15, 0.2) is 30.5 Å². The third-order valence-corrected chi connectivity index (χ3v) is 3.10. The SMILES string of the molecule is CCCNC(C)c1cccc(-c2cnnn2C)c1. The highest BCUT2D eigenvalue weighted by molar-refractivity contribution is 5.59. The fourth-order valence-corrected chi connectivity index (χ4v) is 2.00. The van der Waals surface area contributed by atoms with Crippen LogP contribution in [0, 0.1) is 0 Å². The van der Waals surface area contributed by atoms with Crippen molar-refractivity contribution in [2.24, 2.45) is 7.05 Å². The second-order valence-corrected chi connectivity index (χ2v) is 4.54. The Hall–Kier alpha value is -1.68. The van der Waals surface area contributed by atoms with E-state index >= 15 is 0 Å². The van der Waals surface area contributed by atoms with E-state index in [9.17, 15) is 0 Å². The Morgan fingerprint density at radius 3 is 2.89 bits per heavy atom. The summed E-state index contributed by atoms with van der Waals surface area (Å²) in [6.07, 6.45) is 2.94. The summed E-state index contributed by atoms with van der Waals surface area (Å²) >= 11 is 0. The minimum Gasteiger partial charge on any atom is -0.310 e. The quantitative estimate of drug-likeness (QED) is 0.879. The lowest BCUT2D eigenvalue weighted by atomic mass is 10.0. The van der Waals surface area contributed by atoms with Crippen molar-refractivity contribution in [1.29, 1.82) is 0 Å². The zero-order chi connectivity index (χ0) is 13.0. The first-order valence-corrected chi connectivity index (χ1v) is 6.40. The van der Waals surface area contributed by atoms with E-state index in [0.29, 0.717) is 6.04 Å². The standard InChI is InChI=1S/C14H20N4/c1-4-8-15-11(2)12-6-5-7-13(9-12)14-10-16-17-18(14)3/h5-7,9-11,15H,4,8H2,1-3H3. The van der Waals surface area contributed by atoms with Gasteiger partial charge in [0, 0.05) is 18.7 Å². The summed E-state index contributed by atoms with van der Waals surface area (Å²) in [4.78, 5) is 0. The summed E-state index contributed by atoms with van der Waals surface area (Å²) in [5, 5.41) is 11.4. The minimum absolute atomic E-state index is 0.367. The second-order valence-electron chi connectivity index (χ2n) is 4.54. The Labute approximate surface area is 108 Å². The number of aromatic nitrogens is 3. The predicted molar refractivity (Wildman–Crippen MR) is 73.1 cm³/mol. The van der Waals surface area contributed by atoms with E-state index in [1.54, 1.807) is 10.9 Å². The molecule has 1 aromatic heterocycles. The molecule has 0 aliphatic rings. The fourth-order valence-electron chi connectivity index (χ4n) is 2.00. The number of hydrogen-bond acceptors (Lipinski definition) is 3. The van der Waals surface area contributed by atoms with E-state index in [4.69, 9.17) is 0 Å². The van der Waals surface area contributed by atoms with E-state index in [1.807, 2.05) is 7.05 Å². The molecule has 0 saturated heterocycles. The first-order chi connectivity index (χ1) is 8.72. The van der Waals surface area contributed by atoms with Crippen LogP contribution in [0.5, 0.6) is 0 Å². The van der Waals surface area contributed by atoms with Gasteiger partial charge < -0.3 is 5.32 Å². The van der Waals surface area contributed by atoms with E-state index in [2.05, 4.69) is 53.7 Å². The van der Waals surface area contributed by atoms with Crippen molar-refractivity contribution < 1.29 is 0 Å². The molecule has 0 saturated carbocycles. The van der Waals surface area contributed by atoms with Gasteiger partial charge >= 0.3 is 0 Å². The average Bonchev–Trinajstić information content (AvgIpc) is 2.82. The van der Waals surface area contributed by atoms with Crippen molar-refractivity contribution in [1.82, 2.24) is 20.3 Å². The van der Waals surface area contributed by atoms with Gasteiger partial charge in [-0.05, 0) is 31.5 Å². The first kappa shape index (κ1) is 12.8. The highest BCUT2D eigenvalue weighted by atomic mass is 15.4. The first-order valence-electron chi connectivity index (χ1n) is 6.40. The molecule has 0 amide bonds.